The number of carbonyl (C=O) groups is 2. The number of sulfonamides is 1. The van der Waals surface area contributed by atoms with Crippen LogP contribution in [0.5, 0.6) is 0 Å². The highest BCUT2D eigenvalue weighted by Gasteiger charge is 2.38. The molecule has 0 saturated carbocycles. The first-order valence-electron chi connectivity index (χ1n) is 10.4. The Balaban J connectivity index is 1.45. The minimum Gasteiger partial charge on any atom is -0.289 e. The SMILES string of the molecule is O=C(c1ccc(F)cc1)N1CCCC[C@H](N2CCN(S(=O)(=O)c3ccc(Cl)s3)CC2)C1=O. The lowest BCUT2D eigenvalue weighted by Gasteiger charge is -2.38. The molecule has 0 bridgehead atoms. The Hall–Kier alpha value is -1.85. The van der Waals surface area contributed by atoms with E-state index in [0.29, 0.717) is 36.8 Å². The number of amides is 2. The number of rotatable bonds is 4. The number of carbonyl (C=O) groups excluding carboxylic acids is 2. The number of piperazine rings is 1. The molecule has 172 valence electrons. The second-order valence-corrected chi connectivity index (χ2v) is 11.7. The Morgan fingerprint density at radius 3 is 2.31 bits per heavy atom. The van der Waals surface area contributed by atoms with Gasteiger partial charge < -0.3 is 0 Å². The smallest absolute Gasteiger partial charge is 0.260 e. The Bertz CT molecular complexity index is 1100. The zero-order chi connectivity index (χ0) is 22.9. The van der Waals surface area contributed by atoms with Gasteiger partial charge in [0.05, 0.1) is 10.4 Å². The molecular weight excluding hydrogens is 477 g/mol. The van der Waals surface area contributed by atoms with E-state index in [0.717, 1.165) is 17.8 Å². The Morgan fingerprint density at radius 2 is 1.69 bits per heavy atom. The average molecular weight is 500 g/mol. The molecule has 11 heteroatoms. The van der Waals surface area contributed by atoms with E-state index >= 15 is 0 Å². The highest BCUT2D eigenvalue weighted by Crippen LogP contribution is 2.29. The zero-order valence-electron chi connectivity index (χ0n) is 17.2. The van der Waals surface area contributed by atoms with E-state index in [2.05, 4.69) is 0 Å². The minimum absolute atomic E-state index is 0.206. The monoisotopic (exact) mass is 499 g/mol. The van der Waals surface area contributed by atoms with Gasteiger partial charge >= 0.3 is 0 Å². The molecule has 0 spiro atoms. The van der Waals surface area contributed by atoms with Gasteiger partial charge in [-0.25, -0.2) is 12.8 Å². The van der Waals surface area contributed by atoms with E-state index in [-0.39, 0.29) is 28.8 Å². The van der Waals surface area contributed by atoms with Gasteiger partial charge in [-0.3, -0.25) is 19.4 Å². The van der Waals surface area contributed by atoms with Crippen molar-refractivity contribution in [3.05, 3.63) is 52.1 Å². The van der Waals surface area contributed by atoms with Gasteiger partial charge in [0.15, 0.2) is 0 Å². The van der Waals surface area contributed by atoms with Crippen molar-refractivity contribution in [2.75, 3.05) is 32.7 Å². The van der Waals surface area contributed by atoms with Gasteiger partial charge in [0.2, 0.25) is 5.91 Å². The fourth-order valence-corrected chi connectivity index (χ4v) is 7.19. The summed E-state index contributed by atoms with van der Waals surface area (Å²) in [5, 5.41) is 0. The summed E-state index contributed by atoms with van der Waals surface area (Å²) in [5.41, 5.74) is 0.269. The number of hydrogen-bond acceptors (Lipinski definition) is 6. The van der Waals surface area contributed by atoms with Crippen LogP contribution in [0.15, 0.2) is 40.6 Å². The van der Waals surface area contributed by atoms with Crippen molar-refractivity contribution in [1.29, 1.82) is 0 Å². The molecule has 32 heavy (non-hydrogen) atoms. The van der Waals surface area contributed by atoms with E-state index in [1.54, 1.807) is 6.07 Å². The maximum absolute atomic E-state index is 13.3. The number of hydrogen-bond donors (Lipinski definition) is 0. The molecule has 2 saturated heterocycles. The van der Waals surface area contributed by atoms with Crippen LogP contribution in [0, 0.1) is 5.82 Å². The molecule has 4 rings (SSSR count). The third-order valence-electron chi connectivity index (χ3n) is 5.85. The lowest BCUT2D eigenvalue weighted by Crippen LogP contribution is -2.56. The van der Waals surface area contributed by atoms with Crippen LogP contribution in [0.25, 0.3) is 0 Å². The third-order valence-corrected chi connectivity index (χ3v) is 9.45. The molecule has 3 heterocycles. The molecular formula is C21H23ClFN3O4S2. The maximum atomic E-state index is 13.3. The first-order chi connectivity index (χ1) is 15.3. The lowest BCUT2D eigenvalue weighted by molar-refractivity contribution is -0.134. The lowest BCUT2D eigenvalue weighted by atomic mass is 10.1. The second kappa shape index (κ2) is 9.56. The highest BCUT2D eigenvalue weighted by atomic mass is 35.5. The van der Waals surface area contributed by atoms with Crippen molar-refractivity contribution in [2.24, 2.45) is 0 Å². The van der Waals surface area contributed by atoms with Gasteiger partial charge in [0.25, 0.3) is 15.9 Å². The molecule has 1 aromatic heterocycles. The highest BCUT2D eigenvalue weighted by molar-refractivity contribution is 7.91. The molecule has 2 aliphatic heterocycles. The maximum Gasteiger partial charge on any atom is 0.260 e. The van der Waals surface area contributed by atoms with E-state index in [9.17, 15) is 22.4 Å². The van der Waals surface area contributed by atoms with E-state index in [4.69, 9.17) is 11.6 Å². The van der Waals surface area contributed by atoms with E-state index in [1.807, 2.05) is 4.90 Å². The van der Waals surface area contributed by atoms with Crippen LogP contribution in [0.4, 0.5) is 4.39 Å². The third kappa shape index (κ3) is 4.74. The van der Waals surface area contributed by atoms with Crippen LogP contribution in [-0.2, 0) is 14.8 Å². The summed E-state index contributed by atoms with van der Waals surface area (Å²) in [6.07, 6.45) is 2.10. The number of thiophene rings is 1. The predicted octanol–water partition coefficient (Wildman–Crippen LogP) is 3.07. The summed E-state index contributed by atoms with van der Waals surface area (Å²) in [7, 11) is -3.62. The van der Waals surface area contributed by atoms with Crippen LogP contribution in [0.1, 0.15) is 29.6 Å². The van der Waals surface area contributed by atoms with Gasteiger partial charge in [-0.15, -0.1) is 11.3 Å². The second-order valence-electron chi connectivity index (χ2n) is 7.81. The quantitative estimate of drug-likeness (QED) is 0.604. The normalized spacial score (nSPS) is 21.5. The Labute approximate surface area is 195 Å². The van der Waals surface area contributed by atoms with Crippen LogP contribution < -0.4 is 0 Å². The first kappa shape index (κ1) is 23.3. The Morgan fingerprint density at radius 1 is 1.00 bits per heavy atom. The molecule has 1 aromatic carbocycles. The number of halogens is 2. The molecule has 7 nitrogen and oxygen atoms in total. The number of imide groups is 1. The molecule has 0 unspecified atom stereocenters. The van der Waals surface area contributed by atoms with Gasteiger partial charge in [0, 0.05) is 38.3 Å². The molecule has 0 radical (unpaired) electrons. The van der Waals surface area contributed by atoms with Crippen LogP contribution in [-0.4, -0.2) is 73.1 Å². The molecule has 2 aliphatic rings. The number of likely N-dealkylation sites (tertiary alicyclic amines) is 1. The molecule has 2 aromatic rings. The fourth-order valence-electron chi connectivity index (χ4n) is 4.13. The average Bonchev–Trinajstić information content (AvgIpc) is 3.14. The minimum atomic E-state index is -3.62. The zero-order valence-corrected chi connectivity index (χ0v) is 19.6. The van der Waals surface area contributed by atoms with Crippen molar-refractivity contribution in [3.63, 3.8) is 0 Å². The first-order valence-corrected chi connectivity index (χ1v) is 13.0. The molecule has 2 amide bonds. The van der Waals surface area contributed by atoms with Gasteiger partial charge in [-0.05, 0) is 55.7 Å². The summed E-state index contributed by atoms with van der Waals surface area (Å²) in [5.74, 6) is -1.16. The predicted molar refractivity (Wildman–Crippen MR) is 120 cm³/mol. The molecule has 0 N–H and O–H groups in total. The molecule has 2 fully saturated rings. The van der Waals surface area contributed by atoms with Crippen molar-refractivity contribution in [1.82, 2.24) is 14.1 Å². The van der Waals surface area contributed by atoms with Gasteiger partial charge in [-0.2, -0.15) is 4.31 Å². The van der Waals surface area contributed by atoms with Crippen LogP contribution in [0.3, 0.4) is 0 Å². The molecule has 1 atom stereocenters. The van der Waals surface area contributed by atoms with E-state index < -0.39 is 27.8 Å². The van der Waals surface area contributed by atoms with Crippen molar-refractivity contribution < 1.29 is 22.4 Å². The topological polar surface area (TPSA) is 78.0 Å². The summed E-state index contributed by atoms with van der Waals surface area (Å²) in [6, 6.07) is 7.75. The van der Waals surface area contributed by atoms with Crippen molar-refractivity contribution in [2.45, 2.75) is 29.5 Å². The fraction of sp³-hybridized carbons (Fsp3) is 0.429. The summed E-state index contributed by atoms with van der Waals surface area (Å²) in [6.45, 7) is 1.63. The number of benzene rings is 1. The standard InChI is InChI=1S/C21H23ClFN3O4S2/c22-18-8-9-19(31-18)32(29,30)25-13-11-24(12-14-25)17-3-1-2-10-26(21(17)28)20(27)15-4-6-16(23)7-5-15/h4-9,17H,1-3,10-14H2/t17-/m0/s1. The Kier molecular flexibility index (Phi) is 6.97. The van der Waals surface area contributed by atoms with Crippen molar-refractivity contribution in [3.8, 4) is 0 Å². The largest absolute Gasteiger partial charge is 0.289 e. The van der Waals surface area contributed by atoms with Crippen molar-refractivity contribution >= 4 is 44.8 Å². The summed E-state index contributed by atoms with van der Waals surface area (Å²) < 4.78 is 40.9. The van der Waals surface area contributed by atoms with E-state index in [1.165, 1.54) is 39.5 Å². The van der Waals surface area contributed by atoms with Gasteiger partial charge in [-0.1, -0.05) is 11.6 Å². The van der Waals surface area contributed by atoms with Crippen LogP contribution in [0.2, 0.25) is 4.34 Å². The molecule has 0 aliphatic carbocycles. The number of nitrogens with zero attached hydrogens (tertiary/aromatic N) is 3. The van der Waals surface area contributed by atoms with Crippen LogP contribution >= 0.6 is 22.9 Å². The summed E-state index contributed by atoms with van der Waals surface area (Å²) >= 11 is 6.91. The van der Waals surface area contributed by atoms with Gasteiger partial charge in [0.1, 0.15) is 10.0 Å². The summed E-state index contributed by atoms with van der Waals surface area (Å²) in [4.78, 5) is 29.4.